The van der Waals surface area contributed by atoms with Gasteiger partial charge < -0.3 is 4.90 Å². The van der Waals surface area contributed by atoms with E-state index in [0.717, 1.165) is 22.5 Å². The molecule has 1 N–H and O–H groups in total. The molecular formula is C30H25N5O2. The van der Waals surface area contributed by atoms with E-state index >= 15 is 0 Å². The van der Waals surface area contributed by atoms with Crippen LogP contribution in [0.25, 0.3) is 10.8 Å². The Balaban J connectivity index is 1.34. The molecule has 1 heterocycles. The van der Waals surface area contributed by atoms with Crippen molar-refractivity contribution in [1.29, 1.82) is 0 Å². The monoisotopic (exact) mass is 487 g/mol. The van der Waals surface area contributed by atoms with Crippen LogP contribution in [0.4, 0.5) is 11.4 Å². The van der Waals surface area contributed by atoms with Gasteiger partial charge in [0.25, 0.3) is 11.5 Å². The third kappa shape index (κ3) is 5.31. The lowest BCUT2D eigenvalue weighted by Gasteiger charge is -2.19. The molecule has 0 saturated heterocycles. The number of para-hydroxylation sites is 1. The third-order valence-electron chi connectivity index (χ3n) is 6.06. The fraction of sp³-hybridized carbons (Fsp3) is 0.0667. The zero-order chi connectivity index (χ0) is 25.6. The van der Waals surface area contributed by atoms with Crippen molar-refractivity contribution in [1.82, 2.24) is 15.2 Å². The summed E-state index contributed by atoms with van der Waals surface area (Å²) >= 11 is 0. The van der Waals surface area contributed by atoms with Crippen molar-refractivity contribution in [2.75, 3.05) is 11.9 Å². The smallest absolute Gasteiger partial charge is 0.292 e. The normalized spacial score (nSPS) is 11.1. The van der Waals surface area contributed by atoms with E-state index < -0.39 is 5.91 Å². The second kappa shape index (κ2) is 10.7. The number of rotatable bonds is 7. The number of nitrogens with zero attached hydrogens (tertiary/aromatic N) is 4. The molecule has 0 aliphatic heterocycles. The van der Waals surface area contributed by atoms with Crippen LogP contribution in [0.15, 0.2) is 119 Å². The first-order valence-corrected chi connectivity index (χ1v) is 11.9. The van der Waals surface area contributed by atoms with Crippen LogP contribution in [-0.4, -0.2) is 28.9 Å². The fourth-order valence-corrected chi connectivity index (χ4v) is 4.07. The van der Waals surface area contributed by atoms with E-state index in [1.807, 2.05) is 92.0 Å². The van der Waals surface area contributed by atoms with E-state index in [4.69, 9.17) is 0 Å². The summed E-state index contributed by atoms with van der Waals surface area (Å²) in [5.41, 5.74) is 6.31. The van der Waals surface area contributed by atoms with Gasteiger partial charge in [0.2, 0.25) is 0 Å². The number of hydrogen-bond acceptors (Lipinski definition) is 5. The van der Waals surface area contributed by atoms with Crippen LogP contribution < -0.4 is 15.9 Å². The summed E-state index contributed by atoms with van der Waals surface area (Å²) in [7, 11) is 2.01. The SMILES string of the molecule is CN(c1ccccc1)c1ccc(C=NNC(=O)c2nn(Cc3ccccc3)c(=O)c3ccccc23)cc1. The lowest BCUT2D eigenvalue weighted by Crippen LogP contribution is -2.29. The summed E-state index contributed by atoms with van der Waals surface area (Å²) in [6.45, 7) is 0.262. The van der Waals surface area contributed by atoms with Gasteiger partial charge in [-0.15, -0.1) is 0 Å². The number of benzene rings is 4. The molecule has 0 bridgehead atoms. The van der Waals surface area contributed by atoms with Crippen LogP contribution in [-0.2, 0) is 6.54 Å². The molecule has 0 atom stereocenters. The number of hydrazone groups is 1. The Bertz CT molecular complexity index is 1610. The third-order valence-corrected chi connectivity index (χ3v) is 6.06. The van der Waals surface area contributed by atoms with E-state index in [9.17, 15) is 9.59 Å². The number of carbonyl (C=O) groups is 1. The van der Waals surface area contributed by atoms with Crippen molar-refractivity contribution in [2.45, 2.75) is 6.54 Å². The second-order valence-corrected chi connectivity index (χ2v) is 8.53. The van der Waals surface area contributed by atoms with Crippen molar-refractivity contribution in [3.05, 3.63) is 136 Å². The molecule has 4 aromatic carbocycles. The predicted molar refractivity (Wildman–Crippen MR) is 148 cm³/mol. The van der Waals surface area contributed by atoms with Crippen LogP contribution in [0, 0.1) is 0 Å². The molecule has 37 heavy (non-hydrogen) atoms. The van der Waals surface area contributed by atoms with Crippen LogP contribution >= 0.6 is 0 Å². The maximum atomic E-state index is 13.1. The Kier molecular flexibility index (Phi) is 6.85. The van der Waals surface area contributed by atoms with Crippen molar-refractivity contribution in [3.8, 4) is 0 Å². The highest BCUT2D eigenvalue weighted by Gasteiger charge is 2.16. The van der Waals surface area contributed by atoms with Crippen molar-refractivity contribution >= 4 is 34.3 Å². The number of nitrogens with one attached hydrogen (secondary N) is 1. The molecule has 7 nitrogen and oxygen atoms in total. The summed E-state index contributed by atoms with van der Waals surface area (Å²) in [6, 6.07) is 34.4. The van der Waals surface area contributed by atoms with Gasteiger partial charge in [-0.05, 0) is 41.5 Å². The Labute approximate surface area is 214 Å². The van der Waals surface area contributed by atoms with Crippen LogP contribution in [0.5, 0.6) is 0 Å². The molecule has 0 fully saturated rings. The molecule has 5 rings (SSSR count). The molecule has 0 saturated carbocycles. The van der Waals surface area contributed by atoms with E-state index in [-0.39, 0.29) is 17.8 Å². The van der Waals surface area contributed by atoms with E-state index in [1.165, 1.54) is 4.68 Å². The minimum absolute atomic E-state index is 0.142. The topological polar surface area (TPSA) is 79.6 Å². The standard InChI is InChI=1S/C30H25N5O2/c1-34(24-12-6-3-7-13-24)25-18-16-22(17-19-25)20-31-32-29(36)28-26-14-8-9-15-27(26)30(37)35(33-28)21-23-10-4-2-5-11-23/h2-20H,21H2,1H3,(H,32,36). The van der Waals surface area contributed by atoms with Gasteiger partial charge in [-0.25, -0.2) is 10.1 Å². The Hall–Kier alpha value is -5.04. The van der Waals surface area contributed by atoms with Gasteiger partial charge in [-0.2, -0.15) is 10.2 Å². The quantitative estimate of drug-likeness (QED) is 0.260. The summed E-state index contributed by atoms with van der Waals surface area (Å²) < 4.78 is 1.32. The molecule has 1 amide bonds. The zero-order valence-corrected chi connectivity index (χ0v) is 20.3. The molecule has 5 aromatic rings. The van der Waals surface area contributed by atoms with Gasteiger partial charge in [0.1, 0.15) is 0 Å². The second-order valence-electron chi connectivity index (χ2n) is 8.53. The maximum absolute atomic E-state index is 13.1. The predicted octanol–water partition coefficient (Wildman–Crippen LogP) is 4.98. The summed E-state index contributed by atoms with van der Waals surface area (Å²) in [5, 5.41) is 9.44. The lowest BCUT2D eigenvalue weighted by molar-refractivity contribution is 0.0949. The first kappa shape index (κ1) is 23.7. The van der Waals surface area contributed by atoms with Crippen LogP contribution in [0.3, 0.4) is 0 Å². The van der Waals surface area contributed by atoms with Crippen molar-refractivity contribution < 1.29 is 4.79 Å². The Morgan fingerprint density at radius 1 is 0.838 bits per heavy atom. The van der Waals surface area contributed by atoms with Crippen LogP contribution in [0.2, 0.25) is 0 Å². The molecular weight excluding hydrogens is 462 g/mol. The summed E-state index contributed by atoms with van der Waals surface area (Å²) in [5.74, 6) is -0.491. The number of aromatic nitrogens is 2. The van der Waals surface area contributed by atoms with Crippen LogP contribution in [0.1, 0.15) is 21.6 Å². The van der Waals surface area contributed by atoms with E-state index in [2.05, 4.69) is 20.5 Å². The number of amides is 1. The largest absolute Gasteiger partial charge is 0.345 e. The molecule has 0 aliphatic carbocycles. The fourth-order valence-electron chi connectivity index (χ4n) is 4.07. The van der Waals surface area contributed by atoms with Gasteiger partial charge >= 0.3 is 0 Å². The zero-order valence-electron chi connectivity index (χ0n) is 20.3. The van der Waals surface area contributed by atoms with Gasteiger partial charge in [0.15, 0.2) is 5.69 Å². The highest BCUT2D eigenvalue weighted by Crippen LogP contribution is 2.23. The highest BCUT2D eigenvalue weighted by atomic mass is 16.2. The van der Waals surface area contributed by atoms with Gasteiger partial charge in [0, 0.05) is 23.8 Å². The molecule has 7 heteroatoms. The lowest BCUT2D eigenvalue weighted by atomic mass is 10.1. The highest BCUT2D eigenvalue weighted by molar-refractivity contribution is 6.05. The first-order valence-electron chi connectivity index (χ1n) is 11.9. The molecule has 182 valence electrons. The number of fused-ring (bicyclic) bond motifs is 1. The Morgan fingerprint density at radius 3 is 2.14 bits per heavy atom. The molecule has 1 aromatic heterocycles. The summed E-state index contributed by atoms with van der Waals surface area (Å²) in [6.07, 6.45) is 1.58. The Morgan fingerprint density at radius 2 is 1.43 bits per heavy atom. The average Bonchev–Trinajstić information content (AvgIpc) is 2.95. The van der Waals surface area contributed by atoms with Gasteiger partial charge in [-0.1, -0.05) is 78.9 Å². The molecule has 0 spiro atoms. The first-order chi connectivity index (χ1) is 18.1. The molecule has 0 aliphatic rings. The minimum atomic E-state index is -0.491. The van der Waals surface area contributed by atoms with Crippen molar-refractivity contribution in [2.24, 2.45) is 5.10 Å². The van der Waals surface area contributed by atoms with Crippen molar-refractivity contribution in [3.63, 3.8) is 0 Å². The molecule has 0 unspecified atom stereocenters. The number of hydrogen-bond donors (Lipinski definition) is 1. The number of anilines is 2. The summed E-state index contributed by atoms with van der Waals surface area (Å²) in [4.78, 5) is 28.2. The van der Waals surface area contributed by atoms with Gasteiger partial charge in [0.05, 0.1) is 18.1 Å². The van der Waals surface area contributed by atoms with E-state index in [1.54, 1.807) is 30.5 Å². The average molecular weight is 488 g/mol. The van der Waals surface area contributed by atoms with E-state index in [0.29, 0.717) is 10.8 Å². The molecule has 0 radical (unpaired) electrons. The number of carbonyl (C=O) groups excluding carboxylic acids is 1. The minimum Gasteiger partial charge on any atom is -0.345 e. The maximum Gasteiger partial charge on any atom is 0.292 e. The van der Waals surface area contributed by atoms with Gasteiger partial charge in [-0.3, -0.25) is 9.59 Å².